The monoisotopic (exact) mass is 352 g/mol. The molecule has 1 saturated heterocycles. The zero-order valence-electron chi connectivity index (χ0n) is 14.0. The number of aryl methyl sites for hydroxylation is 2. The number of nitrogens with zero attached hydrogens (tertiary/aromatic N) is 1. The minimum Gasteiger partial charge on any atom is -0.365 e. The van der Waals surface area contributed by atoms with Crippen molar-refractivity contribution in [3.8, 4) is 0 Å². The molecule has 0 amide bonds. The van der Waals surface area contributed by atoms with Crippen molar-refractivity contribution in [2.45, 2.75) is 59.5 Å². The van der Waals surface area contributed by atoms with Crippen LogP contribution in [0, 0.1) is 19.8 Å². The van der Waals surface area contributed by atoms with Crippen LogP contribution < -0.4 is 10.2 Å². The summed E-state index contributed by atoms with van der Waals surface area (Å²) in [5, 5.41) is 3.75. The van der Waals surface area contributed by atoms with Crippen LogP contribution in [0.5, 0.6) is 0 Å². The number of hydrogen-bond acceptors (Lipinski definition) is 2. The van der Waals surface area contributed by atoms with Gasteiger partial charge >= 0.3 is 0 Å². The number of hydrogen-bond donors (Lipinski definition) is 1. The molecule has 1 aromatic carbocycles. The Morgan fingerprint density at radius 1 is 1.29 bits per heavy atom. The summed E-state index contributed by atoms with van der Waals surface area (Å²) in [4.78, 5) is 2.67. The third-order valence-electron chi connectivity index (χ3n) is 4.58. The highest BCUT2D eigenvalue weighted by Crippen LogP contribution is 2.33. The van der Waals surface area contributed by atoms with Gasteiger partial charge in [0.25, 0.3) is 0 Å². The summed E-state index contributed by atoms with van der Waals surface area (Å²) in [6, 6.07) is 5.69. The van der Waals surface area contributed by atoms with E-state index in [1.54, 1.807) is 0 Å². The van der Waals surface area contributed by atoms with Crippen molar-refractivity contribution in [3.63, 3.8) is 0 Å². The lowest BCUT2D eigenvalue weighted by atomic mass is 9.94. The fraction of sp³-hybridized carbons (Fsp3) is 0.667. The molecule has 1 heterocycles. The molecule has 2 unspecified atom stereocenters. The zero-order valence-corrected chi connectivity index (χ0v) is 15.6. The van der Waals surface area contributed by atoms with Gasteiger partial charge in [-0.1, -0.05) is 43.1 Å². The van der Waals surface area contributed by atoms with Gasteiger partial charge in [0.1, 0.15) is 0 Å². The van der Waals surface area contributed by atoms with Crippen LogP contribution >= 0.6 is 15.9 Å². The maximum absolute atomic E-state index is 3.75. The van der Waals surface area contributed by atoms with Crippen LogP contribution in [0.4, 0.5) is 5.69 Å². The standard InChI is InChI=1S/C18H29BrN2/c1-6-7-16-11-21(17(10-20-16)12(2)3)18-13(4)8-15(19)9-14(18)5/h8-9,12,16-17,20H,6-7,10-11H2,1-5H3. The van der Waals surface area contributed by atoms with Crippen LogP contribution in [0.2, 0.25) is 0 Å². The largest absolute Gasteiger partial charge is 0.365 e. The van der Waals surface area contributed by atoms with Gasteiger partial charge < -0.3 is 10.2 Å². The highest BCUT2D eigenvalue weighted by molar-refractivity contribution is 9.10. The molecule has 2 nitrogen and oxygen atoms in total. The van der Waals surface area contributed by atoms with Gasteiger partial charge in [-0.25, -0.2) is 0 Å². The van der Waals surface area contributed by atoms with Crippen molar-refractivity contribution >= 4 is 21.6 Å². The first-order valence-electron chi connectivity index (χ1n) is 8.20. The first kappa shape index (κ1) is 16.8. The van der Waals surface area contributed by atoms with Crippen LogP contribution in [-0.4, -0.2) is 25.2 Å². The van der Waals surface area contributed by atoms with E-state index in [4.69, 9.17) is 0 Å². The molecule has 1 fully saturated rings. The Morgan fingerprint density at radius 2 is 1.90 bits per heavy atom. The Labute approximate surface area is 138 Å². The van der Waals surface area contributed by atoms with Crippen molar-refractivity contribution in [2.24, 2.45) is 5.92 Å². The van der Waals surface area contributed by atoms with E-state index < -0.39 is 0 Å². The van der Waals surface area contributed by atoms with Crippen molar-refractivity contribution in [2.75, 3.05) is 18.0 Å². The number of halogens is 1. The molecule has 2 rings (SSSR count). The van der Waals surface area contributed by atoms with Gasteiger partial charge in [0.05, 0.1) is 0 Å². The minimum atomic E-state index is 0.580. The van der Waals surface area contributed by atoms with E-state index in [-0.39, 0.29) is 0 Å². The smallest absolute Gasteiger partial charge is 0.0438 e. The van der Waals surface area contributed by atoms with Crippen molar-refractivity contribution < 1.29 is 0 Å². The second-order valence-corrected chi connectivity index (χ2v) is 7.66. The maximum atomic E-state index is 3.75. The highest BCUT2D eigenvalue weighted by Gasteiger charge is 2.31. The first-order chi connectivity index (χ1) is 9.93. The Morgan fingerprint density at radius 3 is 2.43 bits per heavy atom. The van der Waals surface area contributed by atoms with Gasteiger partial charge in [-0.2, -0.15) is 0 Å². The Bertz CT molecular complexity index is 461. The minimum absolute atomic E-state index is 0.580. The molecular weight excluding hydrogens is 324 g/mol. The van der Waals surface area contributed by atoms with E-state index in [1.165, 1.54) is 34.1 Å². The zero-order chi connectivity index (χ0) is 15.6. The van der Waals surface area contributed by atoms with Crippen LogP contribution in [-0.2, 0) is 0 Å². The topological polar surface area (TPSA) is 15.3 Å². The normalized spacial score (nSPS) is 22.9. The average Bonchev–Trinajstić information content (AvgIpc) is 2.37. The van der Waals surface area contributed by atoms with Crippen LogP contribution in [0.25, 0.3) is 0 Å². The molecule has 1 aromatic rings. The summed E-state index contributed by atoms with van der Waals surface area (Å²) >= 11 is 3.62. The van der Waals surface area contributed by atoms with Gasteiger partial charge in [0.2, 0.25) is 0 Å². The SMILES string of the molecule is CCCC1CN(c2c(C)cc(Br)cc2C)C(C(C)C)CN1. The first-order valence-corrected chi connectivity index (χ1v) is 9.00. The molecular formula is C18H29BrN2. The van der Waals surface area contributed by atoms with E-state index in [2.05, 4.69) is 72.9 Å². The van der Waals surface area contributed by atoms with E-state index in [9.17, 15) is 0 Å². The van der Waals surface area contributed by atoms with Gasteiger partial charge in [-0.3, -0.25) is 0 Å². The number of benzene rings is 1. The number of piperazine rings is 1. The molecule has 2 atom stereocenters. The summed E-state index contributed by atoms with van der Waals surface area (Å²) in [5.41, 5.74) is 4.20. The number of nitrogens with one attached hydrogen (secondary N) is 1. The third kappa shape index (κ3) is 3.81. The summed E-state index contributed by atoms with van der Waals surface area (Å²) < 4.78 is 1.18. The average molecular weight is 353 g/mol. The second kappa shape index (κ2) is 7.15. The van der Waals surface area contributed by atoms with E-state index in [0.717, 1.165) is 13.1 Å². The second-order valence-electron chi connectivity index (χ2n) is 6.75. The lowest BCUT2D eigenvalue weighted by Gasteiger charge is -2.45. The molecule has 0 bridgehead atoms. The van der Waals surface area contributed by atoms with Crippen LogP contribution in [0.15, 0.2) is 16.6 Å². The highest BCUT2D eigenvalue weighted by atomic mass is 79.9. The molecule has 0 aliphatic carbocycles. The summed E-state index contributed by atoms with van der Waals surface area (Å²) in [5.74, 6) is 0.655. The lowest BCUT2D eigenvalue weighted by Crippen LogP contribution is -2.58. The Kier molecular flexibility index (Phi) is 5.73. The third-order valence-corrected chi connectivity index (χ3v) is 5.04. The van der Waals surface area contributed by atoms with E-state index in [0.29, 0.717) is 18.0 Å². The van der Waals surface area contributed by atoms with Gasteiger partial charge in [0.15, 0.2) is 0 Å². The van der Waals surface area contributed by atoms with Gasteiger partial charge in [-0.15, -0.1) is 0 Å². The Balaban J connectivity index is 2.35. The fourth-order valence-electron chi connectivity index (χ4n) is 3.59. The van der Waals surface area contributed by atoms with Crippen molar-refractivity contribution in [1.29, 1.82) is 0 Å². The molecule has 0 spiro atoms. The van der Waals surface area contributed by atoms with E-state index in [1.807, 2.05) is 0 Å². The molecule has 1 N–H and O–H groups in total. The molecule has 0 aromatic heterocycles. The Hall–Kier alpha value is -0.540. The van der Waals surface area contributed by atoms with Crippen molar-refractivity contribution in [1.82, 2.24) is 5.32 Å². The predicted octanol–water partition coefficient (Wildman–Crippen LogP) is 4.67. The molecule has 3 heteroatoms. The quantitative estimate of drug-likeness (QED) is 0.846. The van der Waals surface area contributed by atoms with Crippen LogP contribution in [0.1, 0.15) is 44.7 Å². The van der Waals surface area contributed by atoms with Crippen LogP contribution in [0.3, 0.4) is 0 Å². The van der Waals surface area contributed by atoms with Gasteiger partial charge in [0, 0.05) is 35.3 Å². The van der Waals surface area contributed by atoms with Gasteiger partial charge in [-0.05, 0) is 49.4 Å². The molecule has 1 aliphatic heterocycles. The number of anilines is 1. The number of rotatable bonds is 4. The molecule has 1 aliphatic rings. The fourth-order valence-corrected chi connectivity index (χ4v) is 4.27. The molecule has 0 radical (unpaired) electrons. The summed E-state index contributed by atoms with van der Waals surface area (Å²) in [6.45, 7) is 13.6. The molecule has 21 heavy (non-hydrogen) atoms. The molecule has 0 saturated carbocycles. The maximum Gasteiger partial charge on any atom is 0.0438 e. The summed E-state index contributed by atoms with van der Waals surface area (Å²) in [6.07, 6.45) is 2.51. The summed E-state index contributed by atoms with van der Waals surface area (Å²) in [7, 11) is 0. The van der Waals surface area contributed by atoms with Crippen molar-refractivity contribution in [3.05, 3.63) is 27.7 Å². The van der Waals surface area contributed by atoms with E-state index >= 15 is 0 Å². The molecule has 118 valence electrons. The lowest BCUT2D eigenvalue weighted by molar-refractivity contribution is 0.327. The predicted molar refractivity (Wildman–Crippen MR) is 96.3 cm³/mol.